The van der Waals surface area contributed by atoms with Crippen molar-refractivity contribution in [2.24, 2.45) is 19.6 Å². The van der Waals surface area contributed by atoms with Crippen LogP contribution in [0.5, 0.6) is 0 Å². The van der Waals surface area contributed by atoms with Gasteiger partial charge in [0.05, 0.1) is 0 Å². The lowest BCUT2D eigenvalue weighted by atomic mass is 10.2. The van der Waals surface area contributed by atoms with Gasteiger partial charge in [0.25, 0.3) is 10.0 Å². The first-order chi connectivity index (χ1) is 14.4. The molecule has 1 aliphatic rings. The lowest BCUT2D eigenvalue weighted by Gasteiger charge is -2.47. The van der Waals surface area contributed by atoms with Crippen molar-refractivity contribution in [3.8, 4) is 0 Å². The number of sulfonamides is 1. The second-order valence-corrected chi connectivity index (χ2v) is 11.1. The van der Waals surface area contributed by atoms with Gasteiger partial charge in [0.1, 0.15) is 4.90 Å². The molecule has 1 aromatic carbocycles. The van der Waals surface area contributed by atoms with Crippen LogP contribution >= 0.6 is 7.51 Å². The SMILES string of the molecule is CCN(CC)P(=NN=NC1=NS(=O)(=O)c2ccccc21)(N(CC)CC)N(CC)CC. The molecule has 11 heteroatoms. The normalized spacial score (nSPS) is 16.0. The number of rotatable bonds is 10. The van der Waals surface area contributed by atoms with E-state index in [1.807, 2.05) is 0 Å². The monoisotopic (exact) mass is 455 g/mol. The summed E-state index contributed by atoms with van der Waals surface area (Å²) < 4.78 is 35.4. The summed E-state index contributed by atoms with van der Waals surface area (Å²) in [6.45, 7) is 17.7. The predicted molar refractivity (Wildman–Crippen MR) is 123 cm³/mol. The lowest BCUT2D eigenvalue weighted by Crippen LogP contribution is -2.41. The van der Waals surface area contributed by atoms with Gasteiger partial charge < -0.3 is 0 Å². The Labute approximate surface area is 181 Å². The Morgan fingerprint density at radius 3 is 1.77 bits per heavy atom. The van der Waals surface area contributed by atoms with Crippen LogP contribution in [0.25, 0.3) is 0 Å². The van der Waals surface area contributed by atoms with Gasteiger partial charge in [0, 0.05) is 44.8 Å². The molecule has 0 atom stereocenters. The largest absolute Gasteiger partial charge is 0.285 e. The molecule has 30 heavy (non-hydrogen) atoms. The maximum Gasteiger partial charge on any atom is 0.285 e. The van der Waals surface area contributed by atoms with Gasteiger partial charge in [0.2, 0.25) is 0 Å². The molecule has 2 rings (SSSR count). The number of benzene rings is 1. The highest BCUT2D eigenvalue weighted by atomic mass is 32.2. The van der Waals surface area contributed by atoms with Crippen LogP contribution in [0.3, 0.4) is 0 Å². The van der Waals surface area contributed by atoms with E-state index >= 15 is 0 Å². The third-order valence-electron chi connectivity index (χ3n) is 5.24. The van der Waals surface area contributed by atoms with E-state index in [0.717, 1.165) is 39.3 Å². The first-order valence-electron chi connectivity index (χ1n) is 10.6. The van der Waals surface area contributed by atoms with Gasteiger partial charge in [-0.15, -0.1) is 14.4 Å². The second kappa shape index (κ2) is 10.7. The van der Waals surface area contributed by atoms with Crippen molar-refractivity contribution in [2.75, 3.05) is 39.3 Å². The highest BCUT2D eigenvalue weighted by molar-refractivity contribution is 7.90. The molecule has 0 unspecified atom stereocenters. The molecule has 1 aliphatic heterocycles. The van der Waals surface area contributed by atoms with Crippen molar-refractivity contribution >= 4 is 23.4 Å². The third kappa shape index (κ3) is 4.57. The zero-order valence-corrected chi connectivity index (χ0v) is 20.6. The van der Waals surface area contributed by atoms with E-state index in [9.17, 15) is 8.42 Å². The molecule has 1 aromatic rings. The Morgan fingerprint density at radius 1 is 0.833 bits per heavy atom. The quantitative estimate of drug-likeness (QED) is 0.295. The van der Waals surface area contributed by atoms with Crippen LogP contribution in [-0.2, 0) is 10.0 Å². The number of hydrogen-bond acceptors (Lipinski definition) is 3. The Kier molecular flexibility index (Phi) is 8.87. The van der Waals surface area contributed by atoms with Gasteiger partial charge in [-0.3, -0.25) is 0 Å². The molecular weight excluding hydrogens is 421 g/mol. The van der Waals surface area contributed by atoms with Crippen LogP contribution in [0.15, 0.2) is 48.8 Å². The standard InChI is InChI=1S/C19H34N7O2PS/c1-7-24(8-2)29(25(9-3)10-4,26(11-5)12-6)23-22-20-19-17-15-13-14-16-18(17)30(27,28)21-19/h13-16H,7-12H2,1-6H3. The van der Waals surface area contributed by atoms with Gasteiger partial charge in [-0.2, -0.15) is 8.42 Å². The molecule has 1 heterocycles. The molecule has 0 aromatic heterocycles. The summed E-state index contributed by atoms with van der Waals surface area (Å²) in [6, 6.07) is 6.67. The summed E-state index contributed by atoms with van der Waals surface area (Å²) in [6.07, 6.45) is 0. The molecule has 0 bridgehead atoms. The summed E-state index contributed by atoms with van der Waals surface area (Å²) in [5.41, 5.74) is 0.467. The van der Waals surface area contributed by atoms with Crippen LogP contribution in [0.2, 0.25) is 0 Å². The van der Waals surface area contributed by atoms with Gasteiger partial charge in [-0.05, 0) is 17.4 Å². The summed E-state index contributed by atoms with van der Waals surface area (Å²) in [5.74, 6) is 0.0890. The average molecular weight is 456 g/mol. The van der Waals surface area contributed by atoms with Crippen molar-refractivity contribution in [1.29, 1.82) is 0 Å². The van der Waals surface area contributed by atoms with E-state index in [1.54, 1.807) is 18.2 Å². The molecule has 0 saturated heterocycles. The van der Waals surface area contributed by atoms with Crippen LogP contribution in [0.4, 0.5) is 0 Å². The minimum Gasteiger partial charge on any atom is -0.245 e. The van der Waals surface area contributed by atoms with Crippen LogP contribution in [0, 0.1) is 0 Å². The summed E-state index contributed by atoms with van der Waals surface area (Å²) >= 11 is 0. The highest BCUT2D eigenvalue weighted by Gasteiger charge is 2.37. The summed E-state index contributed by atoms with van der Waals surface area (Å²) in [5, 5.41) is 8.39. The fourth-order valence-corrected chi connectivity index (χ4v) is 8.78. The maximum atomic E-state index is 12.3. The van der Waals surface area contributed by atoms with Crippen LogP contribution < -0.4 is 0 Å². The van der Waals surface area contributed by atoms with Gasteiger partial charge in [-0.25, -0.2) is 14.0 Å². The number of fused-ring (bicyclic) bond motifs is 1. The van der Waals surface area contributed by atoms with E-state index in [1.165, 1.54) is 6.07 Å². The van der Waals surface area contributed by atoms with E-state index in [2.05, 4.69) is 70.3 Å². The average Bonchev–Trinajstić information content (AvgIpc) is 3.01. The smallest absolute Gasteiger partial charge is 0.245 e. The van der Waals surface area contributed by atoms with Crippen molar-refractivity contribution in [3.63, 3.8) is 0 Å². The van der Waals surface area contributed by atoms with Crippen molar-refractivity contribution in [2.45, 2.75) is 46.4 Å². The Balaban J connectivity index is 2.64. The second-order valence-electron chi connectivity index (χ2n) is 6.62. The molecule has 0 aliphatic carbocycles. The van der Waals surface area contributed by atoms with Crippen molar-refractivity contribution in [3.05, 3.63) is 29.8 Å². The zero-order valence-electron chi connectivity index (χ0n) is 18.9. The first kappa shape index (κ1) is 24.8. The fourth-order valence-electron chi connectivity index (χ4n) is 3.79. The Hall–Kier alpha value is -1.45. The number of amidine groups is 1. The maximum absolute atomic E-state index is 12.3. The molecule has 0 saturated carbocycles. The molecular formula is C19H34N7O2PS. The molecule has 9 nitrogen and oxygen atoms in total. The van der Waals surface area contributed by atoms with Gasteiger partial charge >= 0.3 is 0 Å². The topological polar surface area (TPSA) is 93.3 Å². The van der Waals surface area contributed by atoms with E-state index in [0.29, 0.717) is 5.56 Å². The molecule has 0 spiro atoms. The lowest BCUT2D eigenvalue weighted by molar-refractivity contribution is 0.338. The minimum absolute atomic E-state index is 0.0890. The van der Waals surface area contributed by atoms with Crippen LogP contribution in [-0.4, -0.2) is 67.5 Å². The molecule has 0 amide bonds. The molecule has 0 fully saturated rings. The number of nitrogens with zero attached hydrogens (tertiary/aromatic N) is 7. The summed E-state index contributed by atoms with van der Waals surface area (Å²) in [4.78, 5) is 5.00. The minimum atomic E-state index is -3.73. The zero-order chi connectivity index (χ0) is 22.4. The van der Waals surface area contributed by atoms with E-state index in [4.69, 9.17) is 4.85 Å². The molecule has 168 valence electrons. The first-order valence-corrected chi connectivity index (χ1v) is 13.6. The van der Waals surface area contributed by atoms with Crippen molar-refractivity contribution < 1.29 is 8.42 Å². The Morgan fingerprint density at radius 2 is 1.30 bits per heavy atom. The predicted octanol–water partition coefficient (Wildman–Crippen LogP) is 4.47. The Bertz CT molecular complexity index is 896. The van der Waals surface area contributed by atoms with E-state index in [-0.39, 0.29) is 10.7 Å². The molecule has 0 N–H and O–H groups in total. The van der Waals surface area contributed by atoms with Gasteiger partial charge in [-0.1, -0.05) is 53.7 Å². The van der Waals surface area contributed by atoms with Crippen molar-refractivity contribution in [1.82, 2.24) is 14.0 Å². The van der Waals surface area contributed by atoms with Crippen LogP contribution in [0.1, 0.15) is 47.1 Å². The van der Waals surface area contributed by atoms with E-state index < -0.39 is 17.5 Å². The molecule has 0 radical (unpaired) electrons. The van der Waals surface area contributed by atoms with Gasteiger partial charge in [0.15, 0.2) is 13.3 Å². The highest BCUT2D eigenvalue weighted by Crippen LogP contribution is 2.59. The summed E-state index contributed by atoms with van der Waals surface area (Å²) in [7, 11) is -6.07. The third-order valence-corrected chi connectivity index (χ3v) is 10.9. The number of hydrogen-bond donors (Lipinski definition) is 0. The fraction of sp³-hybridized carbons (Fsp3) is 0.632.